The molecule has 2 atom stereocenters. The summed E-state index contributed by atoms with van der Waals surface area (Å²) in [4.78, 5) is 41.3. The maximum absolute atomic E-state index is 13.8. The molecular weight excluding hydrogens is 490 g/mol. The molecule has 7 nitrogen and oxygen atoms in total. The molecule has 0 spiro atoms. The van der Waals surface area contributed by atoms with Crippen LogP contribution in [0.15, 0.2) is 42.5 Å². The Morgan fingerprint density at radius 3 is 2.32 bits per heavy atom. The van der Waals surface area contributed by atoms with Gasteiger partial charge in [0.2, 0.25) is 5.91 Å². The number of benzene rings is 2. The van der Waals surface area contributed by atoms with Crippen molar-refractivity contribution in [1.29, 1.82) is 0 Å². The van der Waals surface area contributed by atoms with Gasteiger partial charge in [0, 0.05) is 12.1 Å². The maximum atomic E-state index is 13.8. The molecule has 2 aromatic carbocycles. The number of terminal acetylenes is 1. The number of unbranched alkanes of at least 4 members (excludes halogenated alkanes) is 1. The lowest BCUT2D eigenvalue weighted by Crippen LogP contribution is -2.51. The van der Waals surface area contributed by atoms with Gasteiger partial charge in [0.25, 0.3) is 5.91 Å². The molecule has 2 rings (SSSR count). The molecule has 0 heterocycles. The number of anilines is 1. The lowest BCUT2D eigenvalue weighted by atomic mass is 10.0. The number of rotatable bonds is 9. The zero-order chi connectivity index (χ0) is 27.8. The largest absolute Gasteiger partial charge is 0.444 e. The number of nitrogens with zero attached hydrogens (tertiary/aromatic N) is 1. The van der Waals surface area contributed by atoms with Gasteiger partial charge in [-0.3, -0.25) is 9.59 Å². The standard InChI is InChI=1S/C29H36ClN3O4/c1-8-10-18-33(27(35)20(4)31-28(36)37-29(5,6)7)25(22-16-14-21(9-2)15-17-22)26(34)32-24-19(3)12-11-13-23(24)30/h2,11-17,20,25H,8,10,18H2,1,3-7H3,(H,31,36)(H,32,34). The average molecular weight is 526 g/mol. The second kappa shape index (κ2) is 13.2. The van der Waals surface area contributed by atoms with Gasteiger partial charge in [0.05, 0.1) is 10.7 Å². The number of halogens is 1. The van der Waals surface area contributed by atoms with Gasteiger partial charge in [0.1, 0.15) is 17.7 Å². The molecule has 0 saturated heterocycles. The monoisotopic (exact) mass is 525 g/mol. The number of para-hydroxylation sites is 1. The first kappa shape index (κ1) is 29.7. The molecule has 3 amide bonds. The predicted molar refractivity (Wildman–Crippen MR) is 147 cm³/mol. The second-order valence-electron chi connectivity index (χ2n) is 9.84. The number of aryl methyl sites for hydroxylation is 1. The minimum atomic E-state index is -0.996. The van der Waals surface area contributed by atoms with Crippen molar-refractivity contribution < 1.29 is 19.1 Å². The zero-order valence-corrected chi connectivity index (χ0v) is 23.1. The van der Waals surface area contributed by atoms with E-state index < -0.39 is 35.6 Å². The Bertz CT molecular complexity index is 1130. The smallest absolute Gasteiger partial charge is 0.408 e. The van der Waals surface area contributed by atoms with Crippen molar-refractivity contribution in [3.05, 3.63) is 64.2 Å². The Morgan fingerprint density at radius 2 is 1.78 bits per heavy atom. The van der Waals surface area contributed by atoms with E-state index in [0.29, 0.717) is 34.8 Å². The first-order valence-electron chi connectivity index (χ1n) is 12.3. The zero-order valence-electron chi connectivity index (χ0n) is 22.4. The molecule has 0 bridgehead atoms. The SMILES string of the molecule is C#Cc1ccc(C(C(=O)Nc2c(C)cccc2Cl)N(CCCC)C(=O)C(C)NC(=O)OC(C)(C)C)cc1. The van der Waals surface area contributed by atoms with Gasteiger partial charge in [-0.15, -0.1) is 6.42 Å². The van der Waals surface area contributed by atoms with Crippen LogP contribution in [0.3, 0.4) is 0 Å². The molecule has 198 valence electrons. The average Bonchev–Trinajstić information content (AvgIpc) is 2.82. The Kier molecular flexibility index (Phi) is 10.6. The van der Waals surface area contributed by atoms with Crippen LogP contribution in [0.25, 0.3) is 0 Å². The summed E-state index contributed by atoms with van der Waals surface area (Å²) < 4.78 is 5.31. The van der Waals surface area contributed by atoms with Crippen LogP contribution < -0.4 is 10.6 Å². The van der Waals surface area contributed by atoms with Crippen LogP contribution in [0.1, 0.15) is 70.2 Å². The highest BCUT2D eigenvalue weighted by molar-refractivity contribution is 6.34. The number of alkyl carbamates (subject to hydrolysis) is 1. The van der Waals surface area contributed by atoms with E-state index in [2.05, 4.69) is 16.6 Å². The van der Waals surface area contributed by atoms with E-state index in [4.69, 9.17) is 22.8 Å². The van der Waals surface area contributed by atoms with Gasteiger partial charge in [0.15, 0.2) is 0 Å². The van der Waals surface area contributed by atoms with Crippen molar-refractivity contribution in [2.45, 2.75) is 72.1 Å². The number of nitrogens with one attached hydrogen (secondary N) is 2. The molecule has 2 unspecified atom stereocenters. The van der Waals surface area contributed by atoms with Gasteiger partial charge in [-0.25, -0.2) is 4.79 Å². The molecule has 0 radical (unpaired) electrons. The van der Waals surface area contributed by atoms with E-state index in [0.717, 1.165) is 12.0 Å². The molecule has 0 fully saturated rings. The maximum Gasteiger partial charge on any atom is 0.408 e. The Labute approximate surface area is 224 Å². The first-order chi connectivity index (χ1) is 17.4. The van der Waals surface area contributed by atoms with Crippen molar-refractivity contribution >= 4 is 35.2 Å². The summed E-state index contributed by atoms with van der Waals surface area (Å²) in [7, 11) is 0. The van der Waals surface area contributed by atoms with Gasteiger partial charge in [-0.2, -0.15) is 0 Å². The Balaban J connectivity index is 2.48. The summed E-state index contributed by atoms with van der Waals surface area (Å²) in [6.07, 6.45) is 6.25. The predicted octanol–water partition coefficient (Wildman–Crippen LogP) is 5.85. The number of carbonyl (C=O) groups excluding carboxylic acids is 3. The number of hydrogen-bond donors (Lipinski definition) is 2. The van der Waals surface area contributed by atoms with E-state index >= 15 is 0 Å². The minimum Gasteiger partial charge on any atom is -0.444 e. The number of ether oxygens (including phenoxy) is 1. The van der Waals surface area contributed by atoms with Crippen molar-refractivity contribution in [3.8, 4) is 12.3 Å². The van der Waals surface area contributed by atoms with Crippen LogP contribution in [0.5, 0.6) is 0 Å². The Morgan fingerprint density at radius 1 is 1.14 bits per heavy atom. The molecule has 2 aromatic rings. The fourth-order valence-corrected chi connectivity index (χ4v) is 3.98. The molecule has 0 saturated carbocycles. The van der Waals surface area contributed by atoms with E-state index in [1.807, 2.05) is 19.9 Å². The van der Waals surface area contributed by atoms with Crippen LogP contribution in [-0.2, 0) is 14.3 Å². The molecule has 2 N–H and O–H groups in total. The van der Waals surface area contributed by atoms with Crippen LogP contribution in [0.4, 0.5) is 10.5 Å². The summed E-state index contributed by atoms with van der Waals surface area (Å²) in [6.45, 7) is 10.9. The lowest BCUT2D eigenvalue weighted by molar-refractivity contribution is -0.140. The molecule has 37 heavy (non-hydrogen) atoms. The van der Waals surface area contributed by atoms with E-state index in [1.54, 1.807) is 64.1 Å². The minimum absolute atomic E-state index is 0.298. The molecule has 0 aliphatic heterocycles. The summed E-state index contributed by atoms with van der Waals surface area (Å²) in [5, 5.41) is 5.89. The van der Waals surface area contributed by atoms with Crippen LogP contribution in [0, 0.1) is 19.3 Å². The number of amides is 3. The topological polar surface area (TPSA) is 87.7 Å². The lowest BCUT2D eigenvalue weighted by Gasteiger charge is -2.34. The highest BCUT2D eigenvalue weighted by Crippen LogP contribution is 2.29. The summed E-state index contributed by atoms with van der Waals surface area (Å²) in [5.41, 5.74) is 1.77. The fraction of sp³-hybridized carbons (Fsp3) is 0.414. The first-order valence-corrected chi connectivity index (χ1v) is 12.7. The summed E-state index contributed by atoms with van der Waals surface area (Å²) >= 11 is 6.37. The van der Waals surface area contributed by atoms with Gasteiger partial charge in [-0.05, 0) is 70.4 Å². The third-order valence-electron chi connectivity index (χ3n) is 5.56. The van der Waals surface area contributed by atoms with Crippen molar-refractivity contribution in [2.24, 2.45) is 0 Å². The van der Waals surface area contributed by atoms with E-state index in [1.165, 1.54) is 4.90 Å². The molecule has 0 aliphatic carbocycles. The summed E-state index contributed by atoms with van der Waals surface area (Å²) in [5.74, 6) is 1.71. The second-order valence-corrected chi connectivity index (χ2v) is 10.3. The third-order valence-corrected chi connectivity index (χ3v) is 5.88. The van der Waals surface area contributed by atoms with Crippen molar-refractivity contribution in [1.82, 2.24) is 10.2 Å². The van der Waals surface area contributed by atoms with Gasteiger partial charge >= 0.3 is 6.09 Å². The molecular formula is C29H36ClN3O4. The highest BCUT2D eigenvalue weighted by atomic mass is 35.5. The number of hydrogen-bond acceptors (Lipinski definition) is 4. The third kappa shape index (κ3) is 8.54. The van der Waals surface area contributed by atoms with Gasteiger partial charge < -0.3 is 20.3 Å². The van der Waals surface area contributed by atoms with Crippen LogP contribution in [0.2, 0.25) is 5.02 Å². The van der Waals surface area contributed by atoms with Crippen LogP contribution >= 0.6 is 11.6 Å². The highest BCUT2D eigenvalue weighted by Gasteiger charge is 2.35. The van der Waals surface area contributed by atoms with Crippen LogP contribution in [-0.4, -0.2) is 41.0 Å². The van der Waals surface area contributed by atoms with E-state index in [9.17, 15) is 14.4 Å². The molecule has 0 aliphatic rings. The van der Waals surface area contributed by atoms with Gasteiger partial charge in [-0.1, -0.05) is 55.1 Å². The van der Waals surface area contributed by atoms with Crippen molar-refractivity contribution in [2.75, 3.05) is 11.9 Å². The normalized spacial score (nSPS) is 12.6. The fourth-order valence-electron chi connectivity index (χ4n) is 3.71. The summed E-state index contributed by atoms with van der Waals surface area (Å²) in [6, 6.07) is 10.3. The molecule has 0 aromatic heterocycles. The van der Waals surface area contributed by atoms with Crippen molar-refractivity contribution in [3.63, 3.8) is 0 Å². The number of carbonyl (C=O) groups is 3. The quantitative estimate of drug-likeness (QED) is 0.402. The molecule has 8 heteroatoms. The van der Waals surface area contributed by atoms with E-state index in [-0.39, 0.29) is 0 Å². The Hall–Kier alpha value is -3.50.